The Bertz CT molecular complexity index is 435. The van der Waals surface area contributed by atoms with E-state index < -0.39 is 11.4 Å². The molecule has 3 saturated heterocycles. The van der Waals surface area contributed by atoms with Crippen LogP contribution in [0, 0.1) is 11.3 Å². The van der Waals surface area contributed by atoms with Crippen molar-refractivity contribution in [1.82, 2.24) is 10.2 Å². The fraction of sp³-hybridized carbons (Fsp3) is 0.875. The topological polar surface area (TPSA) is 69.6 Å². The molecule has 2 N–H and O–H groups in total. The van der Waals surface area contributed by atoms with Gasteiger partial charge in [0, 0.05) is 25.2 Å². The van der Waals surface area contributed by atoms with E-state index in [1.54, 1.807) is 0 Å². The van der Waals surface area contributed by atoms with E-state index in [0.29, 0.717) is 31.5 Å². The van der Waals surface area contributed by atoms with Gasteiger partial charge in [0.1, 0.15) is 0 Å². The number of amides is 1. The number of nitrogens with zero attached hydrogens (tertiary/aromatic N) is 1. The van der Waals surface area contributed by atoms with E-state index in [1.807, 2.05) is 11.8 Å². The van der Waals surface area contributed by atoms with Crippen molar-refractivity contribution < 1.29 is 14.7 Å². The van der Waals surface area contributed by atoms with Gasteiger partial charge in [0.25, 0.3) is 0 Å². The Hall–Kier alpha value is -1.10. The molecule has 0 aromatic carbocycles. The van der Waals surface area contributed by atoms with Crippen LogP contribution in [0.25, 0.3) is 0 Å². The van der Waals surface area contributed by atoms with E-state index >= 15 is 0 Å². The maximum atomic E-state index is 12.8. The Morgan fingerprint density at radius 3 is 2.76 bits per heavy atom. The van der Waals surface area contributed by atoms with Crippen molar-refractivity contribution in [2.24, 2.45) is 11.3 Å². The molecule has 118 valence electrons. The SMILES string of the molecule is CCCC1(C(=O)O)CCCN(C(=O)C2CC3CCC2N3)C1. The normalized spacial score (nSPS) is 38.7. The van der Waals surface area contributed by atoms with Crippen molar-refractivity contribution in [3.8, 4) is 0 Å². The third kappa shape index (κ3) is 2.56. The van der Waals surface area contributed by atoms with Crippen molar-refractivity contribution in [3.05, 3.63) is 0 Å². The Kier molecular flexibility index (Phi) is 3.95. The fourth-order valence-electron chi connectivity index (χ4n) is 4.62. The van der Waals surface area contributed by atoms with Crippen LogP contribution in [0.4, 0.5) is 0 Å². The van der Waals surface area contributed by atoms with Crippen LogP contribution in [0.5, 0.6) is 0 Å². The van der Waals surface area contributed by atoms with Crippen LogP contribution in [-0.4, -0.2) is 47.1 Å². The molecule has 0 radical (unpaired) electrons. The molecule has 0 spiro atoms. The standard InChI is InChI=1S/C16H26N2O3/c1-2-6-16(15(20)21)7-3-8-18(10-16)14(19)12-9-11-4-5-13(12)17-11/h11-13,17H,2-10H2,1H3,(H,20,21). The average Bonchev–Trinajstić information content (AvgIpc) is 3.09. The maximum absolute atomic E-state index is 12.8. The molecule has 0 aromatic heterocycles. The van der Waals surface area contributed by atoms with Crippen molar-refractivity contribution in [2.45, 2.75) is 64.0 Å². The molecule has 5 nitrogen and oxygen atoms in total. The minimum atomic E-state index is -0.729. The Balaban J connectivity index is 1.70. The lowest BCUT2D eigenvalue weighted by molar-refractivity contribution is -0.156. The summed E-state index contributed by atoms with van der Waals surface area (Å²) in [5.74, 6) is -0.459. The van der Waals surface area contributed by atoms with Gasteiger partial charge < -0.3 is 15.3 Å². The number of hydrogen-bond acceptors (Lipinski definition) is 3. The molecule has 21 heavy (non-hydrogen) atoms. The average molecular weight is 294 g/mol. The van der Waals surface area contributed by atoms with Crippen LogP contribution < -0.4 is 5.32 Å². The van der Waals surface area contributed by atoms with Crippen LogP contribution in [0.1, 0.15) is 51.9 Å². The summed E-state index contributed by atoms with van der Waals surface area (Å²) < 4.78 is 0. The summed E-state index contributed by atoms with van der Waals surface area (Å²) in [6, 6.07) is 0.837. The zero-order valence-corrected chi connectivity index (χ0v) is 12.8. The first-order chi connectivity index (χ1) is 10.1. The maximum Gasteiger partial charge on any atom is 0.311 e. The molecule has 0 saturated carbocycles. The van der Waals surface area contributed by atoms with Gasteiger partial charge in [-0.25, -0.2) is 0 Å². The molecule has 3 fully saturated rings. The van der Waals surface area contributed by atoms with Gasteiger partial charge in [-0.1, -0.05) is 13.3 Å². The molecule has 2 bridgehead atoms. The second kappa shape index (κ2) is 5.59. The molecule has 4 unspecified atom stereocenters. The highest BCUT2D eigenvalue weighted by atomic mass is 16.4. The number of likely N-dealkylation sites (tertiary alicyclic amines) is 1. The largest absolute Gasteiger partial charge is 0.481 e. The lowest BCUT2D eigenvalue weighted by Crippen LogP contribution is -2.52. The number of rotatable bonds is 4. The highest BCUT2D eigenvalue weighted by Gasteiger charge is 2.48. The highest BCUT2D eigenvalue weighted by Crippen LogP contribution is 2.38. The van der Waals surface area contributed by atoms with Crippen LogP contribution in [0.15, 0.2) is 0 Å². The van der Waals surface area contributed by atoms with Gasteiger partial charge in [-0.15, -0.1) is 0 Å². The van der Waals surface area contributed by atoms with Gasteiger partial charge in [0.15, 0.2) is 0 Å². The predicted octanol–water partition coefficient (Wildman–Crippen LogP) is 1.62. The molecule has 0 aromatic rings. The van der Waals surface area contributed by atoms with Crippen molar-refractivity contribution in [3.63, 3.8) is 0 Å². The minimum Gasteiger partial charge on any atom is -0.481 e. The number of aliphatic carboxylic acids is 1. The number of fused-ring (bicyclic) bond motifs is 2. The summed E-state index contributed by atoms with van der Waals surface area (Å²) >= 11 is 0. The third-order valence-corrected chi connectivity index (χ3v) is 5.69. The number of carbonyl (C=O) groups excluding carboxylic acids is 1. The number of piperidine rings is 1. The molecule has 3 rings (SSSR count). The summed E-state index contributed by atoms with van der Waals surface area (Å²) in [5, 5.41) is 13.1. The molecule has 4 atom stereocenters. The molecule has 3 aliphatic heterocycles. The first-order valence-electron chi connectivity index (χ1n) is 8.34. The van der Waals surface area contributed by atoms with Gasteiger partial charge in [-0.05, 0) is 38.5 Å². The zero-order valence-electron chi connectivity index (χ0n) is 12.8. The van der Waals surface area contributed by atoms with Gasteiger partial charge in [-0.2, -0.15) is 0 Å². The van der Waals surface area contributed by atoms with Crippen molar-refractivity contribution >= 4 is 11.9 Å². The van der Waals surface area contributed by atoms with Crippen LogP contribution in [0.3, 0.4) is 0 Å². The van der Waals surface area contributed by atoms with E-state index in [4.69, 9.17) is 0 Å². The van der Waals surface area contributed by atoms with Crippen LogP contribution in [-0.2, 0) is 9.59 Å². The minimum absolute atomic E-state index is 0.0787. The van der Waals surface area contributed by atoms with Crippen LogP contribution in [0.2, 0.25) is 0 Å². The lowest BCUT2D eigenvalue weighted by atomic mass is 9.75. The fourth-order valence-corrected chi connectivity index (χ4v) is 4.62. The molecule has 3 heterocycles. The molecule has 3 aliphatic rings. The summed E-state index contributed by atoms with van der Waals surface area (Å²) in [6.07, 6.45) is 6.25. The van der Waals surface area contributed by atoms with Gasteiger partial charge >= 0.3 is 5.97 Å². The first kappa shape index (κ1) is 14.8. The summed E-state index contributed by atoms with van der Waals surface area (Å²) in [5.41, 5.74) is -0.715. The molecular weight excluding hydrogens is 268 g/mol. The summed E-state index contributed by atoms with van der Waals surface area (Å²) in [6.45, 7) is 3.15. The molecule has 5 heteroatoms. The number of carboxylic acids is 1. The second-order valence-corrected chi connectivity index (χ2v) is 7.09. The highest BCUT2D eigenvalue weighted by molar-refractivity contribution is 5.82. The van der Waals surface area contributed by atoms with Gasteiger partial charge in [0.2, 0.25) is 5.91 Å². The van der Waals surface area contributed by atoms with Crippen molar-refractivity contribution in [1.29, 1.82) is 0 Å². The predicted molar refractivity (Wildman–Crippen MR) is 78.8 cm³/mol. The summed E-state index contributed by atoms with van der Waals surface area (Å²) in [4.78, 5) is 26.4. The number of nitrogens with one attached hydrogen (secondary N) is 1. The Morgan fingerprint density at radius 1 is 1.38 bits per heavy atom. The molecule has 0 aliphatic carbocycles. The van der Waals surface area contributed by atoms with Crippen LogP contribution >= 0.6 is 0 Å². The lowest BCUT2D eigenvalue weighted by Gasteiger charge is -2.41. The number of carboxylic acid groups (broad SMARTS) is 1. The summed E-state index contributed by atoms with van der Waals surface area (Å²) in [7, 11) is 0. The first-order valence-corrected chi connectivity index (χ1v) is 8.34. The van der Waals surface area contributed by atoms with E-state index in [2.05, 4.69) is 5.32 Å². The molecular formula is C16H26N2O3. The Labute approximate surface area is 126 Å². The van der Waals surface area contributed by atoms with E-state index in [9.17, 15) is 14.7 Å². The zero-order chi connectivity index (χ0) is 15.0. The quantitative estimate of drug-likeness (QED) is 0.826. The van der Waals surface area contributed by atoms with Gasteiger partial charge in [-0.3, -0.25) is 9.59 Å². The second-order valence-electron chi connectivity index (χ2n) is 7.09. The smallest absolute Gasteiger partial charge is 0.311 e. The monoisotopic (exact) mass is 294 g/mol. The number of carbonyl (C=O) groups is 2. The van der Waals surface area contributed by atoms with Gasteiger partial charge in [0.05, 0.1) is 11.3 Å². The number of hydrogen-bond donors (Lipinski definition) is 2. The van der Waals surface area contributed by atoms with E-state index in [1.165, 1.54) is 6.42 Å². The third-order valence-electron chi connectivity index (χ3n) is 5.69. The molecule has 1 amide bonds. The van der Waals surface area contributed by atoms with E-state index in [0.717, 1.165) is 32.2 Å². The Morgan fingerprint density at radius 2 is 2.19 bits per heavy atom. The van der Waals surface area contributed by atoms with Crippen molar-refractivity contribution in [2.75, 3.05) is 13.1 Å². The van der Waals surface area contributed by atoms with E-state index in [-0.39, 0.29) is 11.8 Å².